The first-order valence-corrected chi connectivity index (χ1v) is 9.54. The molecule has 1 aromatic heterocycles. The predicted molar refractivity (Wildman–Crippen MR) is 107 cm³/mol. The van der Waals surface area contributed by atoms with Crippen molar-refractivity contribution in [2.24, 2.45) is 0 Å². The Morgan fingerprint density at radius 3 is 2.33 bits per heavy atom. The molecule has 1 unspecified atom stereocenters. The Labute approximate surface area is 159 Å². The Bertz CT molecular complexity index is 891. The van der Waals surface area contributed by atoms with Crippen LogP contribution >= 0.6 is 0 Å². The Hall–Kier alpha value is -2.69. The van der Waals surface area contributed by atoms with E-state index in [9.17, 15) is 0 Å². The van der Waals surface area contributed by atoms with Crippen molar-refractivity contribution in [2.45, 2.75) is 24.5 Å². The van der Waals surface area contributed by atoms with Gasteiger partial charge in [-0.1, -0.05) is 66.7 Å². The minimum Gasteiger partial charge on any atom is -0.451 e. The highest BCUT2D eigenvalue weighted by Crippen LogP contribution is 2.37. The fraction of sp³-hybridized carbons (Fsp3) is 0.261. The van der Waals surface area contributed by atoms with Gasteiger partial charge in [-0.3, -0.25) is 4.90 Å². The average Bonchev–Trinajstić information content (AvgIpc) is 3.21. The predicted octanol–water partition coefficient (Wildman–Crippen LogP) is 3.78. The van der Waals surface area contributed by atoms with Gasteiger partial charge < -0.3 is 9.73 Å². The van der Waals surface area contributed by atoms with Crippen LogP contribution in [-0.2, 0) is 6.54 Å². The lowest BCUT2D eigenvalue weighted by Crippen LogP contribution is -2.71. The van der Waals surface area contributed by atoms with E-state index in [-0.39, 0.29) is 0 Å². The molecular formula is C23H23N3O. The van der Waals surface area contributed by atoms with Gasteiger partial charge in [0.2, 0.25) is 0 Å². The van der Waals surface area contributed by atoms with Crippen LogP contribution in [0, 0.1) is 0 Å². The minimum absolute atomic E-state index is 0.529. The zero-order chi connectivity index (χ0) is 18.1. The first kappa shape index (κ1) is 16.5. The van der Waals surface area contributed by atoms with Crippen LogP contribution in [0.15, 0.2) is 71.7 Å². The lowest BCUT2D eigenvalue weighted by Gasteiger charge is -2.54. The van der Waals surface area contributed by atoms with Crippen LogP contribution in [-0.4, -0.2) is 35.1 Å². The van der Waals surface area contributed by atoms with Crippen LogP contribution in [0.3, 0.4) is 0 Å². The zero-order valence-corrected chi connectivity index (χ0v) is 15.2. The molecule has 1 N–H and O–H groups in total. The number of piperazine rings is 1. The molecule has 6 rings (SSSR count). The molecule has 4 heteroatoms. The van der Waals surface area contributed by atoms with Gasteiger partial charge in [-0.15, -0.1) is 0 Å². The summed E-state index contributed by atoms with van der Waals surface area (Å²) in [5, 5.41) is 3.70. The molecule has 3 aliphatic rings. The number of aromatic nitrogens is 1. The van der Waals surface area contributed by atoms with Crippen LogP contribution in [0.4, 0.5) is 0 Å². The van der Waals surface area contributed by atoms with Crippen LogP contribution in [0.5, 0.6) is 0 Å². The zero-order valence-electron chi connectivity index (χ0n) is 15.2. The van der Waals surface area contributed by atoms with E-state index in [0.29, 0.717) is 18.0 Å². The molecule has 0 radical (unpaired) electrons. The molecule has 136 valence electrons. The molecule has 2 aromatic carbocycles. The highest BCUT2D eigenvalue weighted by molar-refractivity contribution is 5.69. The molecule has 0 amide bonds. The van der Waals surface area contributed by atoms with Gasteiger partial charge in [-0.2, -0.15) is 0 Å². The van der Waals surface area contributed by atoms with Gasteiger partial charge in [0.15, 0.2) is 6.39 Å². The van der Waals surface area contributed by atoms with Crippen molar-refractivity contribution in [3.63, 3.8) is 0 Å². The number of rotatable bonds is 5. The summed E-state index contributed by atoms with van der Waals surface area (Å²) in [5.74, 6) is 0.616. The molecule has 4 nitrogen and oxygen atoms in total. The van der Waals surface area contributed by atoms with Gasteiger partial charge in [0.1, 0.15) is 6.26 Å². The van der Waals surface area contributed by atoms with E-state index < -0.39 is 0 Å². The summed E-state index contributed by atoms with van der Waals surface area (Å²) in [5.41, 5.74) is 4.93. The van der Waals surface area contributed by atoms with Crippen LogP contribution in [0.1, 0.15) is 28.3 Å². The van der Waals surface area contributed by atoms with Crippen molar-refractivity contribution in [1.82, 2.24) is 15.2 Å². The van der Waals surface area contributed by atoms with Gasteiger partial charge in [0.05, 0.1) is 5.69 Å². The van der Waals surface area contributed by atoms with E-state index >= 15 is 0 Å². The third-order valence-electron chi connectivity index (χ3n) is 5.66. The molecule has 27 heavy (non-hydrogen) atoms. The van der Waals surface area contributed by atoms with Crippen LogP contribution < -0.4 is 5.32 Å². The minimum atomic E-state index is 0.529. The van der Waals surface area contributed by atoms with Crippen molar-refractivity contribution in [2.75, 3.05) is 13.1 Å². The summed E-state index contributed by atoms with van der Waals surface area (Å²) in [6, 6.07) is 20.5. The molecule has 0 spiro atoms. The summed E-state index contributed by atoms with van der Waals surface area (Å²) in [6.07, 6.45) is 7.59. The van der Waals surface area contributed by atoms with Gasteiger partial charge in [0, 0.05) is 37.6 Å². The number of nitrogens with one attached hydrogen (secondary N) is 1. The van der Waals surface area contributed by atoms with Crippen molar-refractivity contribution >= 4 is 12.2 Å². The molecule has 3 atom stereocenters. The largest absolute Gasteiger partial charge is 0.451 e. The quantitative estimate of drug-likeness (QED) is 0.706. The van der Waals surface area contributed by atoms with E-state index in [1.54, 1.807) is 6.26 Å². The SMILES string of the molecule is C(=C\c1ccc(C2[C@@H]3CN(Cc4cocn4)C[C@H]2N3)cc1)/c1ccccc1. The maximum atomic E-state index is 5.08. The molecule has 0 aliphatic carbocycles. The summed E-state index contributed by atoms with van der Waals surface area (Å²) in [6.45, 7) is 2.99. The second-order valence-electron chi connectivity index (χ2n) is 7.49. The van der Waals surface area contributed by atoms with Gasteiger partial charge in [-0.05, 0) is 16.7 Å². The van der Waals surface area contributed by atoms with Gasteiger partial charge in [0.25, 0.3) is 0 Å². The van der Waals surface area contributed by atoms with E-state index in [4.69, 9.17) is 4.42 Å². The first-order chi connectivity index (χ1) is 13.3. The Kier molecular flexibility index (Phi) is 4.36. The Balaban J connectivity index is 1.22. The molecular weight excluding hydrogens is 334 g/mol. The second kappa shape index (κ2) is 7.14. The lowest BCUT2D eigenvalue weighted by molar-refractivity contribution is 0.0463. The topological polar surface area (TPSA) is 41.3 Å². The third kappa shape index (κ3) is 3.46. The Morgan fingerprint density at radius 1 is 0.963 bits per heavy atom. The maximum Gasteiger partial charge on any atom is 0.180 e. The van der Waals surface area contributed by atoms with Gasteiger partial charge in [-0.25, -0.2) is 4.98 Å². The number of nitrogens with zero attached hydrogens (tertiary/aromatic N) is 2. The monoisotopic (exact) mass is 357 g/mol. The number of oxazole rings is 1. The smallest absolute Gasteiger partial charge is 0.180 e. The molecule has 3 aromatic rings. The van der Waals surface area contributed by atoms with Crippen LogP contribution in [0.2, 0.25) is 0 Å². The maximum absolute atomic E-state index is 5.08. The second-order valence-corrected chi connectivity index (χ2v) is 7.49. The standard InChI is InChI=1S/C23H23N3O/c1-2-4-17(5-3-1)6-7-18-8-10-19(11-9-18)23-21-13-26(14-22(23)25-21)12-20-15-27-16-24-20/h1-11,15-16,21-23,25H,12-14H2/b7-6+/t21-,22+,23?. The van der Waals surface area contributed by atoms with E-state index in [2.05, 4.69) is 75.9 Å². The summed E-state index contributed by atoms with van der Waals surface area (Å²) in [7, 11) is 0. The number of piperidine rings is 1. The van der Waals surface area contributed by atoms with E-state index in [1.807, 2.05) is 6.07 Å². The highest BCUT2D eigenvalue weighted by atomic mass is 16.3. The van der Waals surface area contributed by atoms with Crippen LogP contribution in [0.25, 0.3) is 12.2 Å². The van der Waals surface area contributed by atoms with Crippen molar-refractivity contribution in [3.8, 4) is 0 Å². The molecule has 4 heterocycles. The summed E-state index contributed by atoms with van der Waals surface area (Å²) < 4.78 is 5.08. The first-order valence-electron chi connectivity index (χ1n) is 9.54. The number of hydrogen-bond acceptors (Lipinski definition) is 4. The highest BCUT2D eigenvalue weighted by Gasteiger charge is 2.46. The summed E-state index contributed by atoms with van der Waals surface area (Å²) >= 11 is 0. The Morgan fingerprint density at radius 2 is 1.67 bits per heavy atom. The van der Waals surface area contributed by atoms with Gasteiger partial charge >= 0.3 is 0 Å². The van der Waals surface area contributed by atoms with E-state index in [1.165, 1.54) is 23.1 Å². The average molecular weight is 357 g/mol. The fourth-order valence-corrected chi connectivity index (χ4v) is 4.33. The number of benzene rings is 2. The molecule has 3 aliphatic heterocycles. The molecule has 3 fully saturated rings. The number of hydrogen-bond donors (Lipinski definition) is 1. The molecule has 3 saturated heterocycles. The molecule has 0 saturated carbocycles. The van der Waals surface area contributed by atoms with Crippen molar-refractivity contribution in [1.29, 1.82) is 0 Å². The summed E-state index contributed by atoms with van der Waals surface area (Å²) in [4.78, 5) is 6.71. The lowest BCUT2D eigenvalue weighted by atomic mass is 9.74. The van der Waals surface area contributed by atoms with E-state index in [0.717, 1.165) is 25.3 Å². The molecule has 2 bridgehead atoms. The third-order valence-corrected chi connectivity index (χ3v) is 5.66. The normalized spacial score (nSPS) is 24.8. The van der Waals surface area contributed by atoms with Crippen molar-refractivity contribution < 1.29 is 4.42 Å². The fourth-order valence-electron chi connectivity index (χ4n) is 4.33. The van der Waals surface area contributed by atoms with Crippen molar-refractivity contribution in [3.05, 3.63) is 89.6 Å². The number of fused-ring (bicyclic) bond motifs is 2.